The van der Waals surface area contributed by atoms with Gasteiger partial charge in [-0.05, 0) is 26.2 Å². The minimum absolute atomic E-state index is 0.284. The van der Waals surface area contributed by atoms with E-state index >= 15 is 0 Å². The van der Waals surface area contributed by atoms with Gasteiger partial charge in [-0.3, -0.25) is 0 Å². The van der Waals surface area contributed by atoms with E-state index in [-0.39, 0.29) is 5.78 Å². The van der Waals surface area contributed by atoms with Gasteiger partial charge >= 0.3 is 0 Å². The van der Waals surface area contributed by atoms with Crippen LogP contribution in [0.2, 0.25) is 0 Å². The Kier molecular flexibility index (Phi) is 5.69. The molecule has 0 amide bonds. The fourth-order valence-electron chi connectivity index (χ4n) is 1.17. The van der Waals surface area contributed by atoms with E-state index < -0.39 is 0 Å². The summed E-state index contributed by atoms with van der Waals surface area (Å²) in [4.78, 5) is 10.8. The van der Waals surface area contributed by atoms with Crippen LogP contribution >= 0.6 is 0 Å². The van der Waals surface area contributed by atoms with Gasteiger partial charge in [-0.25, -0.2) is 0 Å². The molecule has 0 aromatic carbocycles. The number of allylic oxidation sites excluding steroid dienone is 2. The van der Waals surface area contributed by atoms with E-state index in [1.807, 2.05) is 0 Å². The molecule has 0 bridgehead atoms. The van der Waals surface area contributed by atoms with Crippen molar-refractivity contribution in [1.82, 2.24) is 0 Å². The Morgan fingerprint density at radius 1 is 1.42 bits per heavy atom. The topological polar surface area (TPSA) is 17.1 Å². The summed E-state index contributed by atoms with van der Waals surface area (Å²) in [6.07, 6.45) is 5.25. The van der Waals surface area contributed by atoms with Crippen molar-refractivity contribution in [2.75, 3.05) is 0 Å². The van der Waals surface area contributed by atoms with E-state index in [1.54, 1.807) is 6.92 Å². The number of carbonyl (C=O) groups is 1. The molecule has 70 valence electrons. The molecule has 0 aliphatic rings. The van der Waals surface area contributed by atoms with E-state index in [0.717, 1.165) is 6.42 Å². The predicted molar refractivity (Wildman–Crippen MR) is 53.1 cm³/mol. The van der Waals surface area contributed by atoms with Gasteiger partial charge in [0.2, 0.25) is 0 Å². The molecule has 0 aromatic rings. The number of ketones is 1. The van der Waals surface area contributed by atoms with Gasteiger partial charge < -0.3 is 4.79 Å². The molecule has 0 heterocycles. The molecule has 0 saturated heterocycles. The van der Waals surface area contributed by atoms with Crippen molar-refractivity contribution in [3.63, 3.8) is 0 Å². The van der Waals surface area contributed by atoms with Crippen LogP contribution in [-0.2, 0) is 4.79 Å². The molecule has 0 N–H and O–H groups in total. The molecule has 1 nitrogen and oxygen atoms in total. The third kappa shape index (κ3) is 5.11. The highest BCUT2D eigenvalue weighted by atomic mass is 16.1. The molecule has 12 heavy (non-hydrogen) atoms. The van der Waals surface area contributed by atoms with Crippen LogP contribution < -0.4 is 0 Å². The molecule has 0 rings (SSSR count). The zero-order chi connectivity index (χ0) is 9.56. The summed E-state index contributed by atoms with van der Waals surface area (Å²) in [5.41, 5.74) is 1.35. The predicted octanol–water partition coefficient (Wildman–Crippen LogP) is 3.35. The average Bonchev–Trinajstić information content (AvgIpc) is 1.98. The van der Waals surface area contributed by atoms with Gasteiger partial charge in [-0.2, -0.15) is 0 Å². The van der Waals surface area contributed by atoms with Crippen molar-refractivity contribution < 1.29 is 4.79 Å². The first-order valence-electron chi connectivity index (χ1n) is 4.74. The van der Waals surface area contributed by atoms with Crippen LogP contribution in [0.4, 0.5) is 0 Å². The van der Waals surface area contributed by atoms with Crippen molar-refractivity contribution in [1.29, 1.82) is 0 Å². The zero-order valence-electron chi connectivity index (χ0n) is 8.68. The summed E-state index contributed by atoms with van der Waals surface area (Å²) in [5, 5.41) is 0. The molecular formula is C11H20O. The summed E-state index contributed by atoms with van der Waals surface area (Å²) >= 11 is 0. The molecule has 1 heteroatoms. The monoisotopic (exact) mass is 168 g/mol. The first-order chi connectivity index (χ1) is 5.57. The lowest BCUT2D eigenvalue weighted by atomic mass is 9.96. The van der Waals surface area contributed by atoms with E-state index in [1.165, 1.54) is 12.0 Å². The standard InChI is InChI=1S/C11H20O/c1-5-6-7-9(2)10(3)8-11(4)12/h7,10H,5-6,8H2,1-4H3. The highest BCUT2D eigenvalue weighted by Crippen LogP contribution is 2.15. The highest BCUT2D eigenvalue weighted by molar-refractivity contribution is 5.76. The van der Waals surface area contributed by atoms with Crippen molar-refractivity contribution in [3.05, 3.63) is 11.6 Å². The number of hydrogen-bond donors (Lipinski definition) is 0. The molecule has 0 aliphatic heterocycles. The van der Waals surface area contributed by atoms with Crippen molar-refractivity contribution in [2.45, 2.75) is 47.0 Å². The maximum atomic E-state index is 10.8. The Morgan fingerprint density at radius 3 is 2.42 bits per heavy atom. The Bertz CT molecular complexity index is 168. The minimum atomic E-state index is 0.284. The second kappa shape index (κ2) is 5.99. The summed E-state index contributed by atoms with van der Waals surface area (Å²) in [5.74, 6) is 0.709. The number of Topliss-reactive ketones (excluding diaryl/α,β-unsaturated/α-hetero) is 1. The third-order valence-electron chi connectivity index (χ3n) is 2.13. The quantitative estimate of drug-likeness (QED) is 0.575. The van der Waals surface area contributed by atoms with Gasteiger partial charge in [0.15, 0.2) is 0 Å². The molecule has 1 atom stereocenters. The third-order valence-corrected chi connectivity index (χ3v) is 2.13. The van der Waals surface area contributed by atoms with Gasteiger partial charge in [0.05, 0.1) is 0 Å². The van der Waals surface area contributed by atoms with E-state index in [2.05, 4.69) is 26.8 Å². The van der Waals surface area contributed by atoms with Gasteiger partial charge in [0.1, 0.15) is 5.78 Å². The number of hydrogen-bond acceptors (Lipinski definition) is 1. The molecule has 0 fully saturated rings. The van der Waals surface area contributed by atoms with Crippen LogP contribution in [0, 0.1) is 5.92 Å². The Balaban J connectivity index is 3.90. The smallest absolute Gasteiger partial charge is 0.130 e. The Morgan fingerprint density at radius 2 is 2.00 bits per heavy atom. The normalized spacial score (nSPS) is 14.5. The van der Waals surface area contributed by atoms with Crippen LogP contribution in [0.25, 0.3) is 0 Å². The van der Waals surface area contributed by atoms with Crippen LogP contribution in [-0.4, -0.2) is 5.78 Å². The summed E-state index contributed by atoms with van der Waals surface area (Å²) < 4.78 is 0. The van der Waals surface area contributed by atoms with Crippen molar-refractivity contribution >= 4 is 5.78 Å². The van der Waals surface area contributed by atoms with Gasteiger partial charge in [-0.1, -0.05) is 31.9 Å². The molecule has 0 radical (unpaired) electrons. The molecular weight excluding hydrogens is 148 g/mol. The van der Waals surface area contributed by atoms with Crippen LogP contribution in [0.5, 0.6) is 0 Å². The molecule has 0 saturated carbocycles. The molecule has 0 aliphatic carbocycles. The largest absolute Gasteiger partial charge is 0.300 e. The van der Waals surface area contributed by atoms with Crippen molar-refractivity contribution in [3.8, 4) is 0 Å². The van der Waals surface area contributed by atoms with E-state index in [4.69, 9.17) is 0 Å². The lowest BCUT2D eigenvalue weighted by Gasteiger charge is -2.09. The number of rotatable bonds is 5. The second-order valence-electron chi connectivity index (χ2n) is 3.54. The first kappa shape index (κ1) is 11.4. The highest BCUT2D eigenvalue weighted by Gasteiger charge is 2.05. The Hall–Kier alpha value is -0.590. The van der Waals surface area contributed by atoms with E-state index in [0.29, 0.717) is 12.3 Å². The van der Waals surface area contributed by atoms with Crippen molar-refractivity contribution in [2.24, 2.45) is 5.92 Å². The van der Waals surface area contributed by atoms with Crippen LogP contribution in [0.3, 0.4) is 0 Å². The number of carbonyl (C=O) groups excluding carboxylic acids is 1. The fraction of sp³-hybridized carbons (Fsp3) is 0.727. The fourth-order valence-corrected chi connectivity index (χ4v) is 1.17. The van der Waals surface area contributed by atoms with Crippen LogP contribution in [0.1, 0.15) is 47.0 Å². The van der Waals surface area contributed by atoms with Crippen LogP contribution in [0.15, 0.2) is 11.6 Å². The molecule has 0 spiro atoms. The average molecular weight is 168 g/mol. The maximum absolute atomic E-state index is 10.8. The summed E-state index contributed by atoms with van der Waals surface area (Å²) in [6.45, 7) is 8.05. The zero-order valence-corrected chi connectivity index (χ0v) is 8.68. The minimum Gasteiger partial charge on any atom is -0.300 e. The number of unbranched alkanes of at least 4 members (excludes halogenated alkanes) is 1. The lowest BCUT2D eigenvalue weighted by molar-refractivity contribution is -0.117. The SMILES string of the molecule is CCCC=C(C)C(C)CC(C)=O. The lowest BCUT2D eigenvalue weighted by Crippen LogP contribution is -2.02. The Labute approximate surface area is 75.9 Å². The second-order valence-corrected chi connectivity index (χ2v) is 3.54. The summed E-state index contributed by atoms with van der Waals surface area (Å²) in [6, 6.07) is 0. The first-order valence-corrected chi connectivity index (χ1v) is 4.74. The summed E-state index contributed by atoms with van der Waals surface area (Å²) in [7, 11) is 0. The van der Waals surface area contributed by atoms with E-state index in [9.17, 15) is 4.79 Å². The van der Waals surface area contributed by atoms with Gasteiger partial charge in [0.25, 0.3) is 0 Å². The van der Waals surface area contributed by atoms with Gasteiger partial charge in [-0.15, -0.1) is 0 Å². The molecule has 1 unspecified atom stereocenters. The maximum Gasteiger partial charge on any atom is 0.130 e. The van der Waals surface area contributed by atoms with Gasteiger partial charge in [0, 0.05) is 6.42 Å². The molecule has 0 aromatic heterocycles.